The molecule has 1 aromatic heterocycles. The zero-order valence-electron chi connectivity index (χ0n) is 10.4. The smallest absolute Gasteiger partial charge is 0.230 e. The monoisotopic (exact) mass is 250 g/mol. The molecular weight excluding hydrogens is 236 g/mol. The van der Waals surface area contributed by atoms with Gasteiger partial charge in [0.05, 0.1) is 38.7 Å². The molecule has 0 aliphatic carbocycles. The van der Waals surface area contributed by atoms with Gasteiger partial charge in [0.25, 0.3) is 0 Å². The van der Waals surface area contributed by atoms with Crippen molar-refractivity contribution in [2.75, 3.05) is 27.1 Å². The molecule has 0 spiro atoms. The number of nitrogen functional groups attached to an aromatic ring is 1. The Labute approximate surface area is 104 Å². The molecule has 18 heavy (non-hydrogen) atoms. The molecule has 0 saturated heterocycles. The molecule has 0 unspecified atom stereocenters. The summed E-state index contributed by atoms with van der Waals surface area (Å²) in [5, 5.41) is 3.65. The van der Waals surface area contributed by atoms with Crippen LogP contribution in [0, 0.1) is 0 Å². The van der Waals surface area contributed by atoms with Crippen molar-refractivity contribution in [2.24, 2.45) is 0 Å². The van der Waals surface area contributed by atoms with Gasteiger partial charge in [-0.2, -0.15) is 0 Å². The fourth-order valence-corrected chi connectivity index (χ4v) is 1.77. The molecular formula is C12H14N2O4. The average molecular weight is 250 g/mol. The third-order valence-corrected chi connectivity index (χ3v) is 2.59. The predicted octanol–water partition coefficient (Wildman–Crippen LogP) is 1.95. The van der Waals surface area contributed by atoms with E-state index in [4.69, 9.17) is 24.5 Å². The van der Waals surface area contributed by atoms with Crippen LogP contribution in [0.3, 0.4) is 0 Å². The summed E-state index contributed by atoms with van der Waals surface area (Å²) in [5.41, 5.74) is 6.98. The normalized spacial score (nSPS) is 10.2. The molecule has 0 saturated carbocycles. The first kappa shape index (κ1) is 12.1. The van der Waals surface area contributed by atoms with Crippen LogP contribution in [0.1, 0.15) is 0 Å². The third-order valence-electron chi connectivity index (χ3n) is 2.59. The van der Waals surface area contributed by atoms with Gasteiger partial charge < -0.3 is 24.5 Å². The molecule has 6 heteroatoms. The Morgan fingerprint density at radius 1 is 1.06 bits per heavy atom. The lowest BCUT2D eigenvalue weighted by Gasteiger charge is -2.15. The minimum Gasteiger partial charge on any atom is -0.496 e. The Balaban J connectivity index is 2.73. The minimum absolute atomic E-state index is 0.194. The van der Waals surface area contributed by atoms with Crippen molar-refractivity contribution >= 4 is 5.88 Å². The lowest BCUT2D eigenvalue weighted by atomic mass is 10.1. The highest BCUT2D eigenvalue weighted by Gasteiger charge is 2.21. The van der Waals surface area contributed by atoms with E-state index in [9.17, 15) is 0 Å². The van der Waals surface area contributed by atoms with Crippen molar-refractivity contribution in [1.29, 1.82) is 0 Å². The first-order chi connectivity index (χ1) is 8.72. The zero-order valence-corrected chi connectivity index (χ0v) is 10.4. The molecule has 1 heterocycles. The van der Waals surface area contributed by atoms with E-state index < -0.39 is 0 Å². The Hall–Kier alpha value is -2.37. The van der Waals surface area contributed by atoms with Gasteiger partial charge >= 0.3 is 0 Å². The van der Waals surface area contributed by atoms with E-state index in [-0.39, 0.29) is 5.88 Å². The Kier molecular flexibility index (Phi) is 3.27. The summed E-state index contributed by atoms with van der Waals surface area (Å²) in [6.45, 7) is 0. The van der Waals surface area contributed by atoms with Gasteiger partial charge in [-0.25, -0.2) is 0 Å². The fourth-order valence-electron chi connectivity index (χ4n) is 1.77. The molecule has 0 radical (unpaired) electrons. The van der Waals surface area contributed by atoms with Crippen LogP contribution in [0.2, 0.25) is 0 Å². The molecule has 0 amide bonds. The highest BCUT2D eigenvalue weighted by Crippen LogP contribution is 2.45. The molecule has 0 fully saturated rings. The van der Waals surface area contributed by atoms with Crippen LogP contribution < -0.4 is 19.9 Å². The van der Waals surface area contributed by atoms with Crippen molar-refractivity contribution in [3.63, 3.8) is 0 Å². The van der Waals surface area contributed by atoms with Gasteiger partial charge in [-0.15, -0.1) is 0 Å². The second-order valence-electron chi connectivity index (χ2n) is 3.48. The first-order valence-corrected chi connectivity index (χ1v) is 5.22. The highest BCUT2D eigenvalue weighted by molar-refractivity contribution is 5.84. The van der Waals surface area contributed by atoms with Crippen LogP contribution in [0.4, 0.5) is 5.88 Å². The summed E-state index contributed by atoms with van der Waals surface area (Å²) in [4.78, 5) is 0. The Bertz CT molecular complexity index is 551. The van der Waals surface area contributed by atoms with Gasteiger partial charge in [0, 0.05) is 0 Å². The summed E-state index contributed by atoms with van der Waals surface area (Å²) in [6.07, 6.45) is 1.51. The molecule has 2 N–H and O–H groups in total. The molecule has 1 aromatic carbocycles. The molecule has 96 valence electrons. The third kappa shape index (κ3) is 1.81. The lowest BCUT2D eigenvalue weighted by Crippen LogP contribution is -1.97. The molecule has 2 rings (SSSR count). The van der Waals surface area contributed by atoms with Crippen molar-refractivity contribution in [2.45, 2.75) is 0 Å². The molecule has 0 aliphatic heterocycles. The van der Waals surface area contributed by atoms with Crippen molar-refractivity contribution in [1.82, 2.24) is 5.16 Å². The van der Waals surface area contributed by atoms with E-state index in [1.54, 1.807) is 33.5 Å². The predicted molar refractivity (Wildman–Crippen MR) is 66.0 cm³/mol. The number of nitrogens with two attached hydrogens (primary N) is 1. The number of nitrogens with zero attached hydrogens (tertiary/aromatic N) is 1. The standard InChI is InChI=1S/C12H14N2O4/c1-15-8-4-5-9(16-2)11(17-3)10(8)7-6-14-18-12(7)13/h4-6H,13H2,1-3H3. The topological polar surface area (TPSA) is 79.7 Å². The van der Waals surface area contributed by atoms with Crippen LogP contribution in [-0.4, -0.2) is 26.5 Å². The zero-order chi connectivity index (χ0) is 13.1. The highest BCUT2D eigenvalue weighted by atomic mass is 16.5. The molecule has 6 nitrogen and oxygen atoms in total. The average Bonchev–Trinajstić information content (AvgIpc) is 2.82. The maximum atomic E-state index is 5.73. The number of rotatable bonds is 4. The number of benzene rings is 1. The SMILES string of the molecule is COc1ccc(OC)c(-c2cnoc2N)c1OC. The van der Waals surface area contributed by atoms with Gasteiger partial charge in [-0.1, -0.05) is 5.16 Å². The van der Waals surface area contributed by atoms with Crippen molar-refractivity contribution < 1.29 is 18.7 Å². The number of ether oxygens (including phenoxy) is 3. The Morgan fingerprint density at radius 2 is 1.72 bits per heavy atom. The van der Waals surface area contributed by atoms with E-state index in [1.807, 2.05) is 0 Å². The second-order valence-corrected chi connectivity index (χ2v) is 3.48. The largest absolute Gasteiger partial charge is 0.496 e. The van der Waals surface area contributed by atoms with Gasteiger partial charge in [-0.3, -0.25) is 0 Å². The molecule has 0 aliphatic rings. The van der Waals surface area contributed by atoms with Crippen molar-refractivity contribution in [3.8, 4) is 28.4 Å². The van der Waals surface area contributed by atoms with Gasteiger partial charge in [-0.05, 0) is 12.1 Å². The summed E-state index contributed by atoms with van der Waals surface area (Å²) in [7, 11) is 4.67. The lowest BCUT2D eigenvalue weighted by molar-refractivity contribution is 0.351. The summed E-state index contributed by atoms with van der Waals surface area (Å²) < 4.78 is 20.8. The number of aromatic nitrogens is 1. The van der Waals surface area contributed by atoms with Gasteiger partial charge in [0.1, 0.15) is 5.75 Å². The fraction of sp³-hybridized carbons (Fsp3) is 0.250. The number of methoxy groups -OCH3 is 3. The van der Waals surface area contributed by atoms with Crippen LogP contribution in [0.5, 0.6) is 17.2 Å². The second kappa shape index (κ2) is 4.87. The number of hydrogen-bond donors (Lipinski definition) is 1. The molecule has 0 atom stereocenters. The van der Waals surface area contributed by atoms with Gasteiger partial charge in [0.2, 0.25) is 5.88 Å². The Morgan fingerprint density at radius 3 is 2.22 bits per heavy atom. The summed E-state index contributed by atoms with van der Waals surface area (Å²) in [6, 6.07) is 3.52. The maximum absolute atomic E-state index is 5.73. The maximum Gasteiger partial charge on any atom is 0.230 e. The van der Waals surface area contributed by atoms with Crippen LogP contribution >= 0.6 is 0 Å². The van der Waals surface area contributed by atoms with E-state index in [1.165, 1.54) is 6.20 Å². The number of hydrogen-bond acceptors (Lipinski definition) is 6. The van der Waals surface area contributed by atoms with Crippen LogP contribution in [0.25, 0.3) is 11.1 Å². The summed E-state index contributed by atoms with van der Waals surface area (Å²) >= 11 is 0. The van der Waals surface area contributed by atoms with E-state index in [0.29, 0.717) is 28.4 Å². The molecule has 2 aromatic rings. The van der Waals surface area contributed by atoms with E-state index >= 15 is 0 Å². The van der Waals surface area contributed by atoms with E-state index in [0.717, 1.165) is 0 Å². The van der Waals surface area contributed by atoms with Crippen molar-refractivity contribution in [3.05, 3.63) is 18.3 Å². The van der Waals surface area contributed by atoms with Crippen LogP contribution in [0.15, 0.2) is 22.9 Å². The number of anilines is 1. The van der Waals surface area contributed by atoms with E-state index in [2.05, 4.69) is 5.16 Å². The van der Waals surface area contributed by atoms with Crippen LogP contribution in [-0.2, 0) is 0 Å². The minimum atomic E-state index is 0.194. The first-order valence-electron chi connectivity index (χ1n) is 5.22. The molecule has 0 bridgehead atoms. The summed E-state index contributed by atoms with van der Waals surface area (Å²) in [5.74, 6) is 1.89. The van der Waals surface area contributed by atoms with Gasteiger partial charge in [0.15, 0.2) is 11.5 Å². The quantitative estimate of drug-likeness (QED) is 0.893.